The van der Waals surface area contributed by atoms with Crippen LogP contribution in [0.4, 0.5) is 0 Å². The first-order valence-electron chi connectivity index (χ1n) is 6.36. The summed E-state index contributed by atoms with van der Waals surface area (Å²) in [6, 6.07) is 0. The molecule has 0 saturated heterocycles. The lowest BCUT2D eigenvalue weighted by molar-refractivity contribution is 0.514. The van der Waals surface area contributed by atoms with Gasteiger partial charge in [0.15, 0.2) is 0 Å². The van der Waals surface area contributed by atoms with Gasteiger partial charge in [0, 0.05) is 17.8 Å². The minimum absolute atomic E-state index is 0.643. The zero-order valence-corrected chi connectivity index (χ0v) is 9.76. The predicted molar refractivity (Wildman–Crippen MR) is 64.8 cm³/mol. The lowest BCUT2D eigenvalue weighted by Gasteiger charge is -2.24. The number of nitrogens with zero attached hydrogens (tertiary/aromatic N) is 1. The van der Waals surface area contributed by atoms with Gasteiger partial charge in [-0.2, -0.15) is 5.10 Å². The first-order valence-corrected chi connectivity index (χ1v) is 6.36. The highest BCUT2D eigenvalue weighted by molar-refractivity contribution is 5.87. The Balaban J connectivity index is 2.02. The third-order valence-corrected chi connectivity index (χ3v) is 3.65. The molecule has 0 spiro atoms. The molecule has 2 nitrogen and oxygen atoms in total. The van der Waals surface area contributed by atoms with Crippen molar-refractivity contribution in [2.24, 2.45) is 11.0 Å². The molecule has 0 amide bonds. The molecule has 0 aromatic carbocycles. The summed E-state index contributed by atoms with van der Waals surface area (Å²) in [7, 11) is 0. The van der Waals surface area contributed by atoms with E-state index in [1.54, 1.807) is 5.57 Å². The fourth-order valence-corrected chi connectivity index (χ4v) is 2.69. The summed E-state index contributed by atoms with van der Waals surface area (Å²) in [6.07, 6.45) is 13.1. The summed E-state index contributed by atoms with van der Waals surface area (Å²) < 4.78 is 0. The molecule has 1 unspecified atom stereocenters. The van der Waals surface area contributed by atoms with Crippen molar-refractivity contribution >= 4 is 5.71 Å². The minimum atomic E-state index is 0.643. The van der Waals surface area contributed by atoms with Gasteiger partial charge in [0.2, 0.25) is 0 Å². The van der Waals surface area contributed by atoms with Crippen LogP contribution in [0.25, 0.3) is 0 Å². The van der Waals surface area contributed by atoms with Crippen molar-refractivity contribution in [3.63, 3.8) is 0 Å². The molecular formula is C13H22N2. The molecule has 1 aliphatic carbocycles. The fraction of sp³-hybridized carbons (Fsp3) is 0.769. The Bertz CT molecular complexity index is 266. The molecule has 0 aromatic heterocycles. The van der Waals surface area contributed by atoms with Crippen LogP contribution in [0.15, 0.2) is 16.9 Å². The van der Waals surface area contributed by atoms with E-state index in [1.807, 2.05) is 0 Å². The van der Waals surface area contributed by atoms with Gasteiger partial charge in [-0.15, -0.1) is 0 Å². The summed E-state index contributed by atoms with van der Waals surface area (Å²) in [5.74, 6) is 0.643. The summed E-state index contributed by atoms with van der Waals surface area (Å²) in [4.78, 5) is 0. The van der Waals surface area contributed by atoms with Gasteiger partial charge in [0.05, 0.1) is 0 Å². The Morgan fingerprint density at radius 2 is 1.87 bits per heavy atom. The minimum Gasteiger partial charge on any atom is -0.286 e. The molecule has 1 fully saturated rings. The molecule has 0 radical (unpaired) electrons. The highest BCUT2D eigenvalue weighted by Crippen LogP contribution is 2.28. The number of hydrazone groups is 1. The van der Waals surface area contributed by atoms with Crippen LogP contribution in [0.1, 0.15) is 58.3 Å². The van der Waals surface area contributed by atoms with E-state index >= 15 is 0 Å². The molecule has 0 bridgehead atoms. The summed E-state index contributed by atoms with van der Waals surface area (Å²) in [5, 5.41) is 4.33. The Kier molecular flexibility index (Phi) is 3.81. The lowest BCUT2D eigenvalue weighted by atomic mass is 9.85. The Morgan fingerprint density at radius 1 is 1.13 bits per heavy atom. The highest BCUT2D eigenvalue weighted by atomic mass is 15.3. The van der Waals surface area contributed by atoms with Crippen LogP contribution in [0.3, 0.4) is 0 Å². The van der Waals surface area contributed by atoms with Crippen molar-refractivity contribution in [2.45, 2.75) is 58.3 Å². The molecule has 2 heteroatoms. The van der Waals surface area contributed by atoms with Crippen LogP contribution < -0.4 is 5.43 Å². The Morgan fingerprint density at radius 3 is 2.73 bits per heavy atom. The largest absolute Gasteiger partial charge is 0.286 e. The molecule has 2 aliphatic rings. The highest BCUT2D eigenvalue weighted by Gasteiger charge is 2.20. The van der Waals surface area contributed by atoms with E-state index < -0.39 is 0 Å². The summed E-state index contributed by atoms with van der Waals surface area (Å²) >= 11 is 0. The van der Waals surface area contributed by atoms with E-state index in [0.717, 1.165) is 0 Å². The van der Waals surface area contributed by atoms with E-state index in [4.69, 9.17) is 0 Å². The van der Waals surface area contributed by atoms with Crippen LogP contribution in [0.5, 0.6) is 0 Å². The number of allylic oxidation sites excluding steroid dienone is 1. The van der Waals surface area contributed by atoms with Crippen LogP contribution in [0, 0.1) is 5.92 Å². The summed E-state index contributed by atoms with van der Waals surface area (Å²) in [5.41, 5.74) is 5.92. The molecule has 1 heterocycles. The first-order chi connectivity index (χ1) is 7.38. The van der Waals surface area contributed by atoms with Crippen molar-refractivity contribution in [1.29, 1.82) is 0 Å². The first kappa shape index (κ1) is 10.7. The second kappa shape index (κ2) is 5.34. The molecule has 1 saturated carbocycles. The van der Waals surface area contributed by atoms with E-state index in [9.17, 15) is 0 Å². The SMILES string of the molecule is CC1=NNC=C2CCCCCCCCC21. The predicted octanol–water partition coefficient (Wildman–Crippen LogP) is 3.60. The normalized spacial score (nSPS) is 28.2. The molecule has 1 atom stereocenters. The van der Waals surface area contributed by atoms with E-state index in [2.05, 4.69) is 23.7 Å². The van der Waals surface area contributed by atoms with E-state index in [-0.39, 0.29) is 0 Å². The second-order valence-electron chi connectivity index (χ2n) is 4.81. The van der Waals surface area contributed by atoms with Crippen molar-refractivity contribution in [3.8, 4) is 0 Å². The van der Waals surface area contributed by atoms with Gasteiger partial charge in [-0.1, -0.05) is 32.1 Å². The maximum Gasteiger partial charge on any atom is 0.0423 e. The number of hydrogen-bond acceptors (Lipinski definition) is 2. The van der Waals surface area contributed by atoms with E-state index in [0.29, 0.717) is 5.92 Å². The number of nitrogens with one attached hydrogen (secondary N) is 1. The molecule has 15 heavy (non-hydrogen) atoms. The van der Waals surface area contributed by atoms with E-state index in [1.165, 1.54) is 57.1 Å². The maximum atomic E-state index is 4.33. The fourth-order valence-electron chi connectivity index (χ4n) is 2.69. The third-order valence-electron chi connectivity index (χ3n) is 3.65. The van der Waals surface area contributed by atoms with Gasteiger partial charge in [-0.25, -0.2) is 0 Å². The summed E-state index contributed by atoms with van der Waals surface area (Å²) in [6.45, 7) is 2.16. The van der Waals surface area contributed by atoms with Gasteiger partial charge in [0.25, 0.3) is 0 Å². The van der Waals surface area contributed by atoms with Gasteiger partial charge >= 0.3 is 0 Å². The van der Waals surface area contributed by atoms with Crippen molar-refractivity contribution in [3.05, 3.63) is 11.8 Å². The topological polar surface area (TPSA) is 24.4 Å². The zero-order chi connectivity index (χ0) is 10.5. The average molecular weight is 206 g/mol. The van der Waals surface area contributed by atoms with Gasteiger partial charge in [-0.3, -0.25) is 5.43 Å². The van der Waals surface area contributed by atoms with Crippen LogP contribution in [0.2, 0.25) is 0 Å². The molecule has 1 aliphatic heterocycles. The van der Waals surface area contributed by atoms with Gasteiger partial charge in [0.1, 0.15) is 0 Å². The third kappa shape index (κ3) is 2.83. The average Bonchev–Trinajstić information content (AvgIpc) is 2.26. The number of hydrogen-bond donors (Lipinski definition) is 1. The standard InChI is InChI=1S/C13H22N2/c1-11-13-9-7-5-3-2-4-6-8-12(13)10-14-15-11/h10,13-14H,2-9H2,1H3. The maximum absolute atomic E-state index is 4.33. The quantitative estimate of drug-likeness (QED) is 0.643. The van der Waals surface area contributed by atoms with Crippen LogP contribution >= 0.6 is 0 Å². The number of rotatable bonds is 0. The molecular weight excluding hydrogens is 184 g/mol. The number of fused-ring (bicyclic) bond motifs is 1. The van der Waals surface area contributed by atoms with Crippen LogP contribution in [-0.4, -0.2) is 5.71 Å². The molecule has 84 valence electrons. The van der Waals surface area contributed by atoms with Gasteiger partial charge in [-0.05, 0) is 31.8 Å². The smallest absolute Gasteiger partial charge is 0.0423 e. The molecule has 2 rings (SSSR count). The Hall–Kier alpha value is -0.790. The van der Waals surface area contributed by atoms with Crippen LogP contribution in [-0.2, 0) is 0 Å². The van der Waals surface area contributed by atoms with Crippen molar-refractivity contribution < 1.29 is 0 Å². The lowest BCUT2D eigenvalue weighted by Crippen LogP contribution is -2.22. The Labute approximate surface area is 92.8 Å². The molecule has 1 N–H and O–H groups in total. The van der Waals surface area contributed by atoms with Crippen molar-refractivity contribution in [1.82, 2.24) is 5.43 Å². The van der Waals surface area contributed by atoms with Crippen molar-refractivity contribution in [2.75, 3.05) is 0 Å². The monoisotopic (exact) mass is 206 g/mol. The zero-order valence-electron chi connectivity index (χ0n) is 9.76. The second-order valence-corrected chi connectivity index (χ2v) is 4.81. The molecule has 0 aromatic rings. The van der Waals surface area contributed by atoms with Gasteiger partial charge < -0.3 is 0 Å².